The van der Waals surface area contributed by atoms with Gasteiger partial charge >= 0.3 is 12.4 Å². The zero-order chi connectivity index (χ0) is 38.4. The molecule has 2 aliphatic rings. The van der Waals surface area contributed by atoms with Crippen LogP contribution in [0.15, 0.2) is 120 Å². The molecule has 0 spiro atoms. The number of hydrogen-bond donors (Lipinski definition) is 2. The van der Waals surface area contributed by atoms with E-state index in [1.54, 1.807) is 72.8 Å². The van der Waals surface area contributed by atoms with Crippen molar-refractivity contribution < 1.29 is 35.8 Å². The Bertz CT molecular complexity index is 2360. The lowest BCUT2D eigenvalue weighted by Crippen LogP contribution is -2.04. The molecule has 2 N–H and O–H groups in total. The molecule has 0 saturated heterocycles. The second-order valence-electron chi connectivity index (χ2n) is 11.7. The fourth-order valence-corrected chi connectivity index (χ4v) is 6.21. The van der Waals surface area contributed by atoms with Gasteiger partial charge in [-0.2, -0.15) is 47.4 Å². The van der Waals surface area contributed by atoms with Crippen LogP contribution in [-0.4, -0.2) is 0 Å². The van der Waals surface area contributed by atoms with Gasteiger partial charge in [0.25, 0.3) is 0 Å². The summed E-state index contributed by atoms with van der Waals surface area (Å²) < 4.78 is 93.3. The lowest BCUT2D eigenvalue weighted by molar-refractivity contribution is -0.138. The minimum Gasteiger partial charge on any atom is -0.436 e. The topological polar surface area (TPSA) is 138 Å². The summed E-state index contributed by atoms with van der Waals surface area (Å²) >= 11 is 0. The minimum atomic E-state index is -4.59. The lowest BCUT2D eigenvalue weighted by atomic mass is 9.87. The Morgan fingerprint density at radius 1 is 0.463 bits per heavy atom. The average molecular weight is 729 g/mol. The average Bonchev–Trinajstić information content (AvgIpc) is 3.79. The van der Waals surface area contributed by atoms with Gasteiger partial charge in [0.2, 0.25) is 11.8 Å². The summed E-state index contributed by atoms with van der Waals surface area (Å²) in [7, 11) is 0. The van der Waals surface area contributed by atoms with Gasteiger partial charge in [0.1, 0.15) is 24.3 Å². The number of nitriles is 4. The predicted octanol–water partition coefficient (Wildman–Crippen LogP) is 10.5. The van der Waals surface area contributed by atoms with E-state index < -0.39 is 34.6 Å². The SMILES string of the molecule is N#CC(C#N)=C1Nc2c(c(-c3ccccc3-c3ccc(C(F)(F)F)cc3)c3c(c2-c2ccccc2-c2ccc(C(F)(F)F)cc2)OC(=C(C#N)C#N)N3)O1. The molecule has 2 aliphatic heterocycles. The summed E-state index contributed by atoms with van der Waals surface area (Å²) in [5, 5.41) is 45.1. The number of benzene rings is 5. The van der Waals surface area contributed by atoms with Gasteiger partial charge in [-0.1, -0.05) is 72.8 Å². The number of hydrogen-bond acceptors (Lipinski definition) is 8. The first kappa shape index (κ1) is 34.8. The third-order valence-corrected chi connectivity index (χ3v) is 8.63. The molecule has 0 aliphatic carbocycles. The first-order chi connectivity index (χ1) is 25.9. The fraction of sp³-hybridized carbons (Fsp3) is 0.0500. The van der Waals surface area contributed by atoms with E-state index in [0.29, 0.717) is 33.4 Å². The molecule has 0 aromatic heterocycles. The molecule has 2 heterocycles. The summed E-state index contributed by atoms with van der Waals surface area (Å²) in [6.07, 6.45) is -9.17. The van der Waals surface area contributed by atoms with E-state index in [9.17, 15) is 47.4 Å². The van der Waals surface area contributed by atoms with Crippen LogP contribution in [-0.2, 0) is 12.4 Å². The van der Waals surface area contributed by atoms with Crippen molar-refractivity contribution in [1.29, 1.82) is 21.0 Å². The molecule has 54 heavy (non-hydrogen) atoms. The van der Waals surface area contributed by atoms with Crippen LogP contribution in [0.1, 0.15) is 11.1 Å². The van der Waals surface area contributed by atoms with Crippen LogP contribution in [0, 0.1) is 45.3 Å². The standard InChI is InChI=1S/C40H18F6N6O2/c41-39(42,43)25-13-9-21(10-14-25)27-5-1-3-7-29(27)31-33-36(54-37(51-33)23(17-47)18-48)32(34-35(31)53-38(52-34)24(19-49)20-50)30-8-4-2-6-28(30)22-11-15-26(16-12-22)40(44,45)46/h1-16,51-52H. The number of ether oxygens (including phenoxy) is 2. The maximum absolute atomic E-state index is 13.5. The number of rotatable bonds is 4. The summed E-state index contributed by atoms with van der Waals surface area (Å²) in [6, 6.07) is 29.3. The molecule has 0 saturated carbocycles. The quantitative estimate of drug-likeness (QED) is 0.138. The zero-order valence-corrected chi connectivity index (χ0v) is 27.1. The second kappa shape index (κ2) is 13.1. The Labute approximate surface area is 302 Å². The van der Waals surface area contributed by atoms with E-state index in [1.165, 1.54) is 24.3 Å². The summed E-state index contributed by atoms with van der Waals surface area (Å²) in [6.45, 7) is 0. The fourth-order valence-electron chi connectivity index (χ4n) is 6.21. The normalized spacial score (nSPS) is 12.7. The Hall–Kier alpha value is -7.68. The van der Waals surface area contributed by atoms with Gasteiger partial charge in [0.05, 0.1) is 33.6 Å². The van der Waals surface area contributed by atoms with E-state index in [2.05, 4.69) is 10.6 Å². The Balaban J connectivity index is 1.56. The number of nitrogens with zero attached hydrogens (tertiary/aromatic N) is 4. The van der Waals surface area contributed by atoms with Gasteiger partial charge < -0.3 is 20.1 Å². The van der Waals surface area contributed by atoms with Crippen LogP contribution in [0.2, 0.25) is 0 Å². The van der Waals surface area contributed by atoms with E-state index in [1.807, 2.05) is 0 Å². The summed E-state index contributed by atoms with van der Waals surface area (Å²) in [5.74, 6) is -0.469. The van der Waals surface area contributed by atoms with Crippen LogP contribution in [0.25, 0.3) is 44.5 Å². The van der Waals surface area contributed by atoms with Crippen LogP contribution >= 0.6 is 0 Å². The molecule has 5 aromatic rings. The smallest absolute Gasteiger partial charge is 0.416 e. The third-order valence-electron chi connectivity index (χ3n) is 8.63. The first-order valence-corrected chi connectivity index (χ1v) is 15.6. The summed E-state index contributed by atoms with van der Waals surface area (Å²) in [4.78, 5) is 0. The van der Waals surface area contributed by atoms with Crippen molar-refractivity contribution in [1.82, 2.24) is 0 Å². The van der Waals surface area contributed by atoms with Crippen molar-refractivity contribution in [3.63, 3.8) is 0 Å². The molecule has 0 atom stereocenters. The van der Waals surface area contributed by atoms with Crippen molar-refractivity contribution in [2.24, 2.45) is 0 Å². The minimum absolute atomic E-state index is 0.0242. The molecule has 0 bridgehead atoms. The maximum Gasteiger partial charge on any atom is 0.416 e. The number of nitrogens with one attached hydrogen (secondary N) is 2. The lowest BCUT2D eigenvalue weighted by Gasteiger charge is -2.20. The van der Waals surface area contributed by atoms with E-state index in [4.69, 9.17) is 9.47 Å². The van der Waals surface area contributed by atoms with Crippen LogP contribution in [0.5, 0.6) is 11.5 Å². The highest BCUT2D eigenvalue weighted by Gasteiger charge is 2.39. The van der Waals surface area contributed by atoms with Crippen molar-refractivity contribution >= 4 is 11.4 Å². The highest BCUT2D eigenvalue weighted by atomic mass is 19.4. The van der Waals surface area contributed by atoms with Crippen LogP contribution in [0.3, 0.4) is 0 Å². The molecule has 0 amide bonds. The number of halogens is 6. The number of alkyl halides is 6. The predicted molar refractivity (Wildman–Crippen MR) is 183 cm³/mol. The number of allylic oxidation sites excluding steroid dienone is 2. The Morgan fingerprint density at radius 2 is 0.778 bits per heavy atom. The zero-order valence-electron chi connectivity index (χ0n) is 27.1. The molecule has 0 unspecified atom stereocenters. The first-order valence-electron chi connectivity index (χ1n) is 15.6. The molecule has 0 radical (unpaired) electrons. The second-order valence-corrected chi connectivity index (χ2v) is 11.7. The molecule has 14 heteroatoms. The van der Waals surface area contributed by atoms with Crippen molar-refractivity contribution in [2.45, 2.75) is 12.4 Å². The third kappa shape index (κ3) is 5.94. The van der Waals surface area contributed by atoms with Crippen molar-refractivity contribution in [2.75, 3.05) is 10.6 Å². The number of fused-ring (bicyclic) bond motifs is 2. The largest absolute Gasteiger partial charge is 0.436 e. The highest BCUT2D eigenvalue weighted by molar-refractivity contribution is 6.09. The van der Waals surface area contributed by atoms with Gasteiger partial charge in [-0.15, -0.1) is 0 Å². The molecule has 5 aromatic carbocycles. The highest BCUT2D eigenvalue weighted by Crippen LogP contribution is 2.61. The molecular formula is C40H18F6N6O2. The van der Waals surface area contributed by atoms with Gasteiger partial charge in [0.15, 0.2) is 22.6 Å². The number of anilines is 2. The molecular weight excluding hydrogens is 710 g/mol. The van der Waals surface area contributed by atoms with Crippen LogP contribution < -0.4 is 20.1 Å². The van der Waals surface area contributed by atoms with Crippen LogP contribution in [0.4, 0.5) is 37.7 Å². The van der Waals surface area contributed by atoms with Crippen molar-refractivity contribution in [3.8, 4) is 80.3 Å². The van der Waals surface area contributed by atoms with E-state index >= 15 is 0 Å². The molecule has 0 fully saturated rings. The van der Waals surface area contributed by atoms with E-state index in [-0.39, 0.29) is 45.8 Å². The van der Waals surface area contributed by atoms with Gasteiger partial charge in [-0.05, 0) is 57.6 Å². The van der Waals surface area contributed by atoms with Gasteiger partial charge in [-0.3, -0.25) is 0 Å². The maximum atomic E-state index is 13.5. The van der Waals surface area contributed by atoms with Gasteiger partial charge in [-0.25, -0.2) is 0 Å². The Morgan fingerprint density at radius 3 is 1.07 bits per heavy atom. The molecule has 8 nitrogen and oxygen atoms in total. The summed E-state index contributed by atoms with van der Waals surface area (Å²) in [5.41, 5.74) is 0.444. The molecule has 7 rings (SSSR count). The molecule has 262 valence electrons. The van der Waals surface area contributed by atoms with Crippen molar-refractivity contribution in [3.05, 3.63) is 131 Å². The van der Waals surface area contributed by atoms with E-state index in [0.717, 1.165) is 24.3 Å². The van der Waals surface area contributed by atoms with Gasteiger partial charge in [0, 0.05) is 0 Å². The monoisotopic (exact) mass is 728 g/mol. The Kier molecular flexibility index (Phi) is 8.45.